The van der Waals surface area contributed by atoms with Gasteiger partial charge < -0.3 is 19.4 Å². The summed E-state index contributed by atoms with van der Waals surface area (Å²) in [5.74, 6) is 1.28. The van der Waals surface area contributed by atoms with Crippen LogP contribution in [0.1, 0.15) is 16.1 Å². The van der Waals surface area contributed by atoms with E-state index < -0.39 is 0 Å². The van der Waals surface area contributed by atoms with E-state index >= 15 is 0 Å². The number of hydrogen-bond donors (Lipinski definition) is 1. The number of carbonyl (C=O) groups is 1. The summed E-state index contributed by atoms with van der Waals surface area (Å²) in [5, 5.41) is 3.95. The molecule has 5 heteroatoms. The van der Waals surface area contributed by atoms with E-state index in [2.05, 4.69) is 41.1 Å². The van der Waals surface area contributed by atoms with Crippen LogP contribution in [0.25, 0.3) is 22.0 Å². The highest BCUT2D eigenvalue weighted by Crippen LogP contribution is 2.41. The maximum Gasteiger partial charge on any atom is 0.268 e. The van der Waals surface area contributed by atoms with Gasteiger partial charge in [0, 0.05) is 30.1 Å². The summed E-state index contributed by atoms with van der Waals surface area (Å²) in [5.41, 5.74) is 4.82. The van der Waals surface area contributed by atoms with Crippen molar-refractivity contribution in [1.29, 1.82) is 0 Å². The van der Waals surface area contributed by atoms with Crippen molar-refractivity contribution < 1.29 is 14.3 Å². The maximum atomic E-state index is 12.6. The predicted molar refractivity (Wildman–Crippen MR) is 97.5 cm³/mol. The van der Waals surface area contributed by atoms with Crippen LogP contribution in [0.2, 0.25) is 0 Å². The molecule has 3 aromatic rings. The number of aryl methyl sites for hydroxylation is 1. The first-order chi connectivity index (χ1) is 12.1. The van der Waals surface area contributed by atoms with E-state index in [0.717, 1.165) is 28.6 Å². The summed E-state index contributed by atoms with van der Waals surface area (Å²) >= 11 is 0. The highest BCUT2D eigenvalue weighted by atomic mass is 16.5. The standard InChI is InChI=1S/C20H20N2O3/c1-12-4-6-13(7-5-12)18-14-10-16(24-2)17(25-3)11-15(14)22-9-8-21-20(23)19(18)22/h4-7,10-11H,8-9H2,1-3H3,(H,21,23). The monoisotopic (exact) mass is 336 g/mol. The lowest BCUT2D eigenvalue weighted by molar-refractivity contribution is 0.0930. The van der Waals surface area contributed by atoms with Crippen molar-refractivity contribution in [1.82, 2.24) is 9.88 Å². The molecule has 0 fully saturated rings. The first-order valence-corrected chi connectivity index (χ1v) is 8.27. The fourth-order valence-corrected chi connectivity index (χ4v) is 3.52. The summed E-state index contributed by atoms with van der Waals surface area (Å²) in [7, 11) is 3.25. The topological polar surface area (TPSA) is 52.5 Å². The van der Waals surface area contributed by atoms with Gasteiger partial charge in [0.2, 0.25) is 0 Å². The largest absolute Gasteiger partial charge is 0.493 e. The number of ether oxygens (including phenoxy) is 2. The minimum Gasteiger partial charge on any atom is -0.493 e. The Morgan fingerprint density at radius 2 is 1.72 bits per heavy atom. The zero-order chi connectivity index (χ0) is 17.6. The van der Waals surface area contributed by atoms with Gasteiger partial charge in [-0.15, -0.1) is 0 Å². The van der Waals surface area contributed by atoms with Crippen molar-refractivity contribution in [3.63, 3.8) is 0 Å². The number of benzene rings is 2. The molecule has 0 saturated carbocycles. The lowest BCUT2D eigenvalue weighted by Crippen LogP contribution is -2.35. The van der Waals surface area contributed by atoms with Crippen molar-refractivity contribution >= 4 is 16.8 Å². The maximum absolute atomic E-state index is 12.6. The van der Waals surface area contributed by atoms with Crippen molar-refractivity contribution in [2.75, 3.05) is 20.8 Å². The smallest absolute Gasteiger partial charge is 0.268 e. The average Bonchev–Trinajstić information content (AvgIpc) is 2.96. The van der Waals surface area contributed by atoms with Gasteiger partial charge in [0.25, 0.3) is 5.91 Å². The van der Waals surface area contributed by atoms with E-state index in [1.807, 2.05) is 12.1 Å². The molecule has 1 aliphatic rings. The van der Waals surface area contributed by atoms with E-state index in [9.17, 15) is 4.79 Å². The second-order valence-corrected chi connectivity index (χ2v) is 6.22. The van der Waals surface area contributed by atoms with Gasteiger partial charge in [0.05, 0.1) is 19.7 Å². The summed E-state index contributed by atoms with van der Waals surface area (Å²) in [6, 6.07) is 12.2. The predicted octanol–water partition coefficient (Wildman–Crippen LogP) is 3.38. The molecule has 1 aromatic heterocycles. The number of nitrogens with one attached hydrogen (secondary N) is 1. The minimum atomic E-state index is -0.0454. The number of aromatic nitrogens is 1. The molecule has 2 heterocycles. The number of hydrogen-bond acceptors (Lipinski definition) is 3. The molecular weight excluding hydrogens is 316 g/mol. The van der Waals surface area contributed by atoms with Crippen molar-refractivity contribution in [3.8, 4) is 22.6 Å². The second kappa shape index (κ2) is 5.84. The molecule has 25 heavy (non-hydrogen) atoms. The van der Waals surface area contributed by atoms with E-state index in [-0.39, 0.29) is 5.91 Å². The Morgan fingerprint density at radius 1 is 1.04 bits per heavy atom. The number of carbonyl (C=O) groups excluding carboxylic acids is 1. The normalized spacial score (nSPS) is 13.5. The van der Waals surface area contributed by atoms with Crippen LogP contribution in [-0.2, 0) is 6.54 Å². The van der Waals surface area contributed by atoms with E-state index in [0.29, 0.717) is 23.7 Å². The van der Waals surface area contributed by atoms with Crippen LogP contribution >= 0.6 is 0 Å². The van der Waals surface area contributed by atoms with E-state index in [4.69, 9.17) is 9.47 Å². The van der Waals surface area contributed by atoms with Crippen LogP contribution in [0.15, 0.2) is 36.4 Å². The molecule has 1 N–H and O–H groups in total. The lowest BCUT2D eigenvalue weighted by atomic mass is 10.00. The zero-order valence-electron chi connectivity index (χ0n) is 14.6. The molecule has 0 unspecified atom stereocenters. The van der Waals surface area contributed by atoms with Crippen LogP contribution in [0.3, 0.4) is 0 Å². The minimum absolute atomic E-state index is 0.0454. The van der Waals surface area contributed by atoms with Gasteiger partial charge in [-0.2, -0.15) is 0 Å². The Labute approximate surface area is 146 Å². The molecule has 4 rings (SSSR count). The SMILES string of the molecule is COc1cc2c(-c3ccc(C)cc3)c3n(c2cc1OC)CCNC3=O. The second-order valence-electron chi connectivity index (χ2n) is 6.22. The number of amides is 1. The third-order valence-corrected chi connectivity index (χ3v) is 4.75. The number of nitrogens with zero attached hydrogens (tertiary/aromatic N) is 1. The van der Waals surface area contributed by atoms with E-state index in [1.54, 1.807) is 14.2 Å². The summed E-state index contributed by atoms with van der Waals surface area (Å²) in [6.45, 7) is 3.41. The highest BCUT2D eigenvalue weighted by Gasteiger charge is 2.27. The lowest BCUT2D eigenvalue weighted by Gasteiger charge is -2.18. The van der Waals surface area contributed by atoms with Crippen LogP contribution in [0.5, 0.6) is 11.5 Å². The number of fused-ring (bicyclic) bond motifs is 3. The first-order valence-electron chi connectivity index (χ1n) is 8.27. The molecule has 5 nitrogen and oxygen atoms in total. The average molecular weight is 336 g/mol. The molecule has 0 atom stereocenters. The summed E-state index contributed by atoms with van der Waals surface area (Å²) in [4.78, 5) is 12.6. The third kappa shape index (κ3) is 2.35. The van der Waals surface area contributed by atoms with Crippen molar-refractivity contribution in [2.45, 2.75) is 13.5 Å². The summed E-state index contributed by atoms with van der Waals surface area (Å²) in [6.07, 6.45) is 0. The Morgan fingerprint density at radius 3 is 2.40 bits per heavy atom. The fourth-order valence-electron chi connectivity index (χ4n) is 3.52. The molecule has 0 saturated heterocycles. The van der Waals surface area contributed by atoms with E-state index in [1.165, 1.54) is 5.56 Å². The van der Waals surface area contributed by atoms with Crippen molar-refractivity contribution in [2.24, 2.45) is 0 Å². The van der Waals surface area contributed by atoms with Gasteiger partial charge >= 0.3 is 0 Å². The molecule has 2 aromatic carbocycles. The van der Waals surface area contributed by atoms with Gasteiger partial charge in [-0.25, -0.2) is 0 Å². The number of methoxy groups -OCH3 is 2. The Kier molecular flexibility index (Phi) is 3.64. The molecule has 0 aliphatic carbocycles. The fraction of sp³-hybridized carbons (Fsp3) is 0.250. The van der Waals surface area contributed by atoms with Crippen LogP contribution in [0.4, 0.5) is 0 Å². The van der Waals surface area contributed by atoms with Gasteiger partial charge in [-0.05, 0) is 18.6 Å². The summed E-state index contributed by atoms with van der Waals surface area (Å²) < 4.78 is 13.0. The molecule has 1 amide bonds. The highest BCUT2D eigenvalue weighted by molar-refractivity contribution is 6.11. The Bertz CT molecular complexity index is 971. The molecular formula is C20H20N2O3. The van der Waals surface area contributed by atoms with Crippen LogP contribution in [-0.4, -0.2) is 31.2 Å². The van der Waals surface area contributed by atoms with Gasteiger partial charge in [0.1, 0.15) is 5.69 Å². The van der Waals surface area contributed by atoms with Gasteiger partial charge in [0.15, 0.2) is 11.5 Å². The molecule has 0 bridgehead atoms. The van der Waals surface area contributed by atoms with Crippen LogP contribution < -0.4 is 14.8 Å². The molecule has 0 radical (unpaired) electrons. The van der Waals surface area contributed by atoms with Crippen molar-refractivity contribution in [3.05, 3.63) is 47.7 Å². The Hall–Kier alpha value is -2.95. The number of rotatable bonds is 3. The molecule has 1 aliphatic heterocycles. The van der Waals surface area contributed by atoms with Gasteiger partial charge in [-0.1, -0.05) is 29.8 Å². The quantitative estimate of drug-likeness (QED) is 0.798. The first kappa shape index (κ1) is 15.6. The van der Waals surface area contributed by atoms with Gasteiger partial charge in [-0.3, -0.25) is 4.79 Å². The van der Waals surface area contributed by atoms with Crippen LogP contribution in [0, 0.1) is 6.92 Å². The Balaban J connectivity index is 2.10. The zero-order valence-corrected chi connectivity index (χ0v) is 14.6. The molecule has 128 valence electrons. The third-order valence-electron chi connectivity index (χ3n) is 4.75. The molecule has 0 spiro atoms.